The zero-order valence-electron chi connectivity index (χ0n) is 43.2. The molecule has 1 unspecified atom stereocenters. The highest BCUT2D eigenvalue weighted by atomic mass is 16.6. The van der Waals surface area contributed by atoms with Crippen LogP contribution in [0.1, 0.15) is 139 Å². The van der Waals surface area contributed by atoms with E-state index in [-0.39, 0.29) is 73.3 Å². The van der Waals surface area contributed by atoms with Gasteiger partial charge >= 0.3 is 11.9 Å². The van der Waals surface area contributed by atoms with Crippen LogP contribution in [0.3, 0.4) is 0 Å². The van der Waals surface area contributed by atoms with E-state index in [4.69, 9.17) is 28.4 Å². The van der Waals surface area contributed by atoms with Gasteiger partial charge in [-0.3, -0.25) is 24.0 Å². The lowest BCUT2D eigenvalue weighted by atomic mass is 9.78. The molecule has 69 heavy (non-hydrogen) atoms. The summed E-state index contributed by atoms with van der Waals surface area (Å²) < 4.78 is 35.3. The molecule has 3 aliphatic heterocycles. The van der Waals surface area contributed by atoms with Crippen LogP contribution in [0, 0.1) is 35.5 Å². The van der Waals surface area contributed by atoms with E-state index in [9.17, 15) is 39.0 Å². The van der Waals surface area contributed by atoms with E-state index in [1.54, 1.807) is 48.0 Å². The normalized spacial score (nSPS) is 38.7. The fraction of sp³-hybridized carbons (Fsp3) is 0.741. The number of methoxy groups -OCH3 is 3. The third-order valence-electron chi connectivity index (χ3n) is 15.0. The molecule has 0 aromatic heterocycles. The predicted octanol–water partition coefficient (Wildman–Crippen LogP) is 7.14. The van der Waals surface area contributed by atoms with Crippen molar-refractivity contribution in [2.75, 3.05) is 27.9 Å². The van der Waals surface area contributed by atoms with Crippen molar-refractivity contribution < 1.29 is 67.4 Å². The minimum atomic E-state index is -2.44. The Hall–Kier alpha value is -3.86. The molecule has 2 N–H and O–H groups in total. The van der Waals surface area contributed by atoms with Gasteiger partial charge in [-0.15, -0.1) is 0 Å². The minimum Gasteiger partial charge on any atom is -0.460 e. The van der Waals surface area contributed by atoms with Gasteiger partial charge in [-0.25, -0.2) is 4.79 Å². The maximum Gasteiger partial charge on any atom is 0.329 e. The fourth-order valence-corrected chi connectivity index (χ4v) is 10.5. The highest BCUT2D eigenvalue weighted by Crippen LogP contribution is 2.38. The number of fused-ring (bicyclic) bond motifs is 3. The predicted molar refractivity (Wildman–Crippen MR) is 259 cm³/mol. The van der Waals surface area contributed by atoms with Crippen molar-refractivity contribution in [1.29, 1.82) is 0 Å². The molecule has 0 spiro atoms. The lowest BCUT2D eigenvalue weighted by Crippen LogP contribution is -2.61. The second-order valence-corrected chi connectivity index (χ2v) is 20.4. The summed E-state index contributed by atoms with van der Waals surface area (Å²) in [5.41, 5.74) is 1.25. The monoisotopic (exact) mass is 970 g/mol. The number of cyclic esters (lactones) is 1. The highest BCUT2D eigenvalue weighted by molar-refractivity contribution is 6.39. The van der Waals surface area contributed by atoms with Crippen LogP contribution >= 0.6 is 0 Å². The van der Waals surface area contributed by atoms with Gasteiger partial charge in [-0.2, -0.15) is 0 Å². The van der Waals surface area contributed by atoms with Crippen LogP contribution in [-0.2, 0) is 57.2 Å². The van der Waals surface area contributed by atoms with Crippen molar-refractivity contribution in [1.82, 2.24) is 4.90 Å². The molecule has 3 heterocycles. The molecule has 4 rings (SSSR count). The van der Waals surface area contributed by atoms with Gasteiger partial charge in [-0.05, 0) is 107 Å². The maximum atomic E-state index is 14.5. The first-order chi connectivity index (χ1) is 32.7. The topological polar surface area (TPSA) is 201 Å². The molecule has 4 aliphatic rings. The lowest BCUT2D eigenvalue weighted by Gasteiger charge is -2.42. The molecular formula is C54H83NO14. The Labute approximate surface area is 410 Å². The van der Waals surface area contributed by atoms with E-state index >= 15 is 0 Å². The first-order valence-corrected chi connectivity index (χ1v) is 25.4. The molecule has 15 heteroatoms. The first-order valence-electron chi connectivity index (χ1n) is 25.4. The molecule has 3 fully saturated rings. The molecule has 0 radical (unpaired) electrons. The fourth-order valence-electron chi connectivity index (χ4n) is 10.5. The van der Waals surface area contributed by atoms with Crippen molar-refractivity contribution in [3.63, 3.8) is 0 Å². The molecule has 0 aromatic carbocycles. The number of hydrogen-bond donors (Lipinski definition) is 2. The number of amides is 1. The molecule has 1 saturated carbocycles. The summed E-state index contributed by atoms with van der Waals surface area (Å²) in [7, 11) is 4.53. The van der Waals surface area contributed by atoms with Crippen LogP contribution in [-0.4, -0.2) is 133 Å². The molecule has 2 bridgehead atoms. The maximum absolute atomic E-state index is 14.5. The van der Waals surface area contributed by atoms with Gasteiger partial charge in [0.2, 0.25) is 5.79 Å². The number of aliphatic hydroxyl groups is 2. The number of Topliss-reactive ketones (excluding diaryl/α,β-unsaturated/α-hetero) is 3. The van der Waals surface area contributed by atoms with Gasteiger partial charge < -0.3 is 43.5 Å². The standard InChI is InChI=1S/C54H83NO14/c1-12-47(57)67-43-24-22-39(29-46(43)65-10)28-35(5)45-31-42(56)34(4)27-37(7)49(59)50(66-11)48(58)36(6)26-32(2)18-14-13-15-19-33(3)44(64-9)30-40-23-21-38(8)54(63,69-40)51(60)52(61)55-25-17-16-20-41(55)53(62)68-45/h13-15,18-19,27,32,34-36,38-41,43-46,49-50,59,63H,12,16-17,20-26,28-31H2,1-11H3/b15-13+,18-14+,33-19+,37-27+/t32-,34-,35?,36-,38-,39+,40+,41+,43-,44+,45+,46-,49-,50+,54-/m1/s1. The number of nitrogens with zero attached hydrogens (tertiary/aromatic N) is 1. The highest BCUT2D eigenvalue weighted by Gasteiger charge is 2.53. The molecule has 15 nitrogen and oxygen atoms in total. The molecule has 2 saturated heterocycles. The Morgan fingerprint density at radius 3 is 2.26 bits per heavy atom. The summed E-state index contributed by atoms with van der Waals surface area (Å²) >= 11 is 0. The van der Waals surface area contributed by atoms with Crippen LogP contribution < -0.4 is 0 Å². The summed E-state index contributed by atoms with van der Waals surface area (Å²) in [6, 6.07) is -1.16. The Morgan fingerprint density at radius 2 is 1.59 bits per heavy atom. The number of aliphatic hydroxyl groups excluding tert-OH is 1. The summed E-state index contributed by atoms with van der Waals surface area (Å²) in [5.74, 6) is -8.45. The summed E-state index contributed by atoms with van der Waals surface area (Å²) in [6.45, 7) is 14.4. The van der Waals surface area contributed by atoms with E-state index in [0.29, 0.717) is 69.8 Å². The summed E-state index contributed by atoms with van der Waals surface area (Å²) in [6.07, 6.45) is 11.4. The van der Waals surface area contributed by atoms with Gasteiger partial charge in [0.1, 0.15) is 36.2 Å². The number of carbonyl (C=O) groups is 6. The second kappa shape index (κ2) is 27.1. The Morgan fingerprint density at radius 1 is 0.870 bits per heavy atom. The van der Waals surface area contributed by atoms with E-state index in [0.717, 1.165) is 5.57 Å². The third-order valence-corrected chi connectivity index (χ3v) is 15.0. The molecule has 1 amide bonds. The molecule has 1 aliphatic carbocycles. The van der Waals surface area contributed by atoms with Gasteiger partial charge in [-0.1, -0.05) is 78.0 Å². The zero-order valence-corrected chi connectivity index (χ0v) is 43.2. The van der Waals surface area contributed by atoms with Gasteiger partial charge in [0.15, 0.2) is 5.78 Å². The summed E-state index contributed by atoms with van der Waals surface area (Å²) in [5, 5.41) is 23.5. The van der Waals surface area contributed by atoms with Crippen LogP contribution in [0.4, 0.5) is 0 Å². The van der Waals surface area contributed by atoms with Crippen molar-refractivity contribution >= 4 is 35.2 Å². The minimum absolute atomic E-state index is 0.0108. The number of rotatable bonds is 8. The van der Waals surface area contributed by atoms with Crippen LogP contribution in [0.25, 0.3) is 0 Å². The third kappa shape index (κ3) is 15.6. The Balaban J connectivity index is 1.70. The average molecular weight is 970 g/mol. The van der Waals surface area contributed by atoms with Gasteiger partial charge in [0.05, 0.1) is 18.3 Å². The van der Waals surface area contributed by atoms with Crippen LogP contribution in [0.2, 0.25) is 0 Å². The number of carbonyl (C=O) groups excluding carboxylic acids is 6. The van der Waals surface area contributed by atoms with E-state index < -0.39 is 77.8 Å². The van der Waals surface area contributed by atoms with E-state index in [1.165, 1.54) is 12.0 Å². The van der Waals surface area contributed by atoms with Crippen molar-refractivity contribution in [2.45, 2.75) is 193 Å². The largest absolute Gasteiger partial charge is 0.460 e. The van der Waals surface area contributed by atoms with Gasteiger partial charge in [0.25, 0.3) is 11.7 Å². The first kappa shape index (κ1) is 57.7. The number of ether oxygens (including phenoxy) is 6. The molecule has 388 valence electrons. The summed E-state index contributed by atoms with van der Waals surface area (Å²) in [4.78, 5) is 84.4. The molecular weight excluding hydrogens is 887 g/mol. The number of hydrogen-bond acceptors (Lipinski definition) is 14. The average Bonchev–Trinajstić information content (AvgIpc) is 3.33. The number of esters is 2. The molecule has 0 aromatic rings. The zero-order chi connectivity index (χ0) is 51.2. The van der Waals surface area contributed by atoms with Crippen molar-refractivity contribution in [2.24, 2.45) is 35.5 Å². The number of piperidine rings is 1. The second-order valence-electron chi connectivity index (χ2n) is 20.4. The molecule has 15 atom stereocenters. The van der Waals surface area contributed by atoms with E-state index in [2.05, 4.69) is 0 Å². The van der Waals surface area contributed by atoms with Crippen molar-refractivity contribution in [3.8, 4) is 0 Å². The Kier molecular flexibility index (Phi) is 22.7. The van der Waals surface area contributed by atoms with Crippen LogP contribution in [0.15, 0.2) is 47.6 Å². The quantitative estimate of drug-likeness (QED) is 0.141. The Bertz CT molecular complexity index is 1890. The van der Waals surface area contributed by atoms with Crippen molar-refractivity contribution in [3.05, 3.63) is 47.6 Å². The SMILES string of the molecule is CCC(=O)O[C@@H]1CC[C@@H](CC(C)[C@@H]2CC(=O)[C@H](C)/C=C(\C)[C@@H](O)[C@@H](OC)C(=O)[C@H](C)C[C@H](C)/C=C/C=C/C=C(\C)[C@@H](OC)C[C@@H]3CC[C@@H](C)[C@@](O)(O3)C(=O)C(=O)N3CCCC[C@H]3C(=O)O2)C[C@H]1OC. The van der Waals surface area contributed by atoms with E-state index in [1.807, 2.05) is 58.1 Å². The number of allylic oxidation sites excluding steroid dienone is 6. The number of ketones is 3. The smallest absolute Gasteiger partial charge is 0.329 e. The lowest BCUT2D eigenvalue weighted by molar-refractivity contribution is -0.265. The van der Waals surface area contributed by atoms with Crippen LogP contribution in [0.5, 0.6) is 0 Å². The van der Waals surface area contributed by atoms with Gasteiger partial charge in [0, 0.05) is 64.9 Å².